The van der Waals surface area contributed by atoms with E-state index in [0.717, 1.165) is 39.3 Å². The molecule has 3 N–H and O–H groups in total. The highest BCUT2D eigenvalue weighted by molar-refractivity contribution is 5.85. The molecule has 132 valence electrons. The molecule has 1 saturated heterocycles. The van der Waals surface area contributed by atoms with E-state index in [-0.39, 0.29) is 23.9 Å². The van der Waals surface area contributed by atoms with E-state index >= 15 is 0 Å². The molecule has 1 heterocycles. The molecule has 5 heteroatoms. The Hall–Kier alpha value is -0.650. The molecule has 0 saturated carbocycles. The van der Waals surface area contributed by atoms with Crippen LogP contribution in [0.1, 0.15) is 19.4 Å². The Morgan fingerprint density at radius 1 is 1.26 bits per heavy atom. The average molecular weight is 342 g/mol. The molecule has 0 amide bonds. The van der Waals surface area contributed by atoms with Gasteiger partial charge < -0.3 is 20.6 Å². The largest absolute Gasteiger partial charge is 0.391 e. The van der Waals surface area contributed by atoms with E-state index in [1.807, 2.05) is 0 Å². The quantitative estimate of drug-likeness (QED) is 0.674. The van der Waals surface area contributed by atoms with Crippen molar-refractivity contribution in [2.45, 2.75) is 26.5 Å². The summed E-state index contributed by atoms with van der Waals surface area (Å²) in [4.78, 5) is 2.38. The van der Waals surface area contributed by atoms with Gasteiger partial charge in [0.15, 0.2) is 0 Å². The molecule has 2 atom stereocenters. The average Bonchev–Trinajstić information content (AvgIpc) is 2.84. The number of hydrogen-bond donors (Lipinski definition) is 3. The third kappa shape index (κ3) is 7.19. The summed E-state index contributed by atoms with van der Waals surface area (Å²) in [5.74, 6) is 0.345. The first kappa shape index (κ1) is 20.4. The van der Waals surface area contributed by atoms with Gasteiger partial charge in [0.25, 0.3) is 0 Å². The Labute approximate surface area is 147 Å². The topological polar surface area (TPSA) is 47.5 Å². The minimum Gasteiger partial charge on any atom is -0.391 e. The van der Waals surface area contributed by atoms with Gasteiger partial charge in [-0.1, -0.05) is 44.2 Å². The lowest BCUT2D eigenvalue weighted by Gasteiger charge is -2.31. The van der Waals surface area contributed by atoms with Crippen LogP contribution in [0.25, 0.3) is 0 Å². The summed E-state index contributed by atoms with van der Waals surface area (Å²) in [5, 5.41) is 16.6. The number of β-amino-alcohol motifs (C(OH)–C–C–N with tert-alkyl or cyclic N) is 1. The lowest BCUT2D eigenvalue weighted by atomic mass is 9.92. The maximum absolute atomic E-state index is 9.82. The highest BCUT2D eigenvalue weighted by Crippen LogP contribution is 2.17. The summed E-state index contributed by atoms with van der Waals surface area (Å²) in [6.07, 6.45) is -0.198. The molecule has 0 radical (unpaired) electrons. The van der Waals surface area contributed by atoms with E-state index in [4.69, 9.17) is 0 Å². The summed E-state index contributed by atoms with van der Waals surface area (Å²) in [6.45, 7) is 10.1. The van der Waals surface area contributed by atoms with Crippen molar-refractivity contribution in [2.24, 2.45) is 11.3 Å². The molecule has 0 spiro atoms. The highest BCUT2D eigenvalue weighted by atomic mass is 35.5. The Bertz CT molecular complexity index is 441. The molecule has 1 aliphatic heterocycles. The number of nitrogens with one attached hydrogen (secondary N) is 2. The van der Waals surface area contributed by atoms with Crippen LogP contribution in [0.4, 0.5) is 0 Å². The van der Waals surface area contributed by atoms with Crippen LogP contribution in [-0.4, -0.2) is 55.9 Å². The van der Waals surface area contributed by atoms with Gasteiger partial charge in [-0.15, -0.1) is 12.4 Å². The number of nitrogens with zero attached hydrogens (tertiary/aromatic N) is 1. The molecule has 2 unspecified atom stereocenters. The van der Waals surface area contributed by atoms with Gasteiger partial charge in [0.05, 0.1) is 6.10 Å². The van der Waals surface area contributed by atoms with E-state index in [1.54, 1.807) is 0 Å². The Balaban J connectivity index is 0.00000264. The second-order valence-corrected chi connectivity index (χ2v) is 7.44. The zero-order valence-electron chi connectivity index (χ0n) is 14.6. The van der Waals surface area contributed by atoms with Crippen molar-refractivity contribution in [3.8, 4) is 0 Å². The first-order valence-electron chi connectivity index (χ1n) is 8.28. The van der Waals surface area contributed by atoms with Crippen LogP contribution in [0.2, 0.25) is 0 Å². The molecule has 0 aromatic heterocycles. The van der Waals surface area contributed by atoms with Crippen molar-refractivity contribution in [1.29, 1.82) is 0 Å². The zero-order chi connectivity index (χ0) is 16.0. The second kappa shape index (κ2) is 9.60. The lowest BCUT2D eigenvalue weighted by molar-refractivity contribution is 0.140. The molecule has 23 heavy (non-hydrogen) atoms. The molecule has 1 aliphatic rings. The number of aliphatic hydroxyl groups excluding tert-OH is 1. The maximum atomic E-state index is 9.82. The summed E-state index contributed by atoms with van der Waals surface area (Å²) in [6, 6.07) is 10.6. The van der Waals surface area contributed by atoms with Crippen LogP contribution in [-0.2, 0) is 6.54 Å². The second-order valence-electron chi connectivity index (χ2n) is 7.44. The van der Waals surface area contributed by atoms with Gasteiger partial charge in [0, 0.05) is 45.2 Å². The third-order valence-electron chi connectivity index (χ3n) is 4.31. The van der Waals surface area contributed by atoms with Gasteiger partial charge in [-0.2, -0.15) is 0 Å². The van der Waals surface area contributed by atoms with Crippen LogP contribution >= 0.6 is 12.4 Å². The molecule has 4 nitrogen and oxygen atoms in total. The van der Waals surface area contributed by atoms with Crippen molar-refractivity contribution in [3.63, 3.8) is 0 Å². The van der Waals surface area contributed by atoms with Crippen molar-refractivity contribution in [3.05, 3.63) is 35.9 Å². The molecule has 1 aromatic carbocycles. The lowest BCUT2D eigenvalue weighted by Crippen LogP contribution is -2.41. The Kier molecular flexibility index (Phi) is 8.51. The molecule has 1 aromatic rings. The monoisotopic (exact) mass is 341 g/mol. The van der Waals surface area contributed by atoms with E-state index in [0.29, 0.717) is 5.92 Å². The zero-order valence-corrected chi connectivity index (χ0v) is 15.4. The fourth-order valence-electron chi connectivity index (χ4n) is 3.26. The molecule has 0 bridgehead atoms. The Morgan fingerprint density at radius 2 is 1.96 bits per heavy atom. The summed E-state index contributed by atoms with van der Waals surface area (Å²) < 4.78 is 0. The first-order valence-corrected chi connectivity index (χ1v) is 8.28. The van der Waals surface area contributed by atoms with Gasteiger partial charge >= 0.3 is 0 Å². The van der Waals surface area contributed by atoms with Crippen LogP contribution < -0.4 is 10.6 Å². The van der Waals surface area contributed by atoms with Crippen molar-refractivity contribution >= 4 is 12.4 Å². The minimum absolute atomic E-state index is 0. The van der Waals surface area contributed by atoms with E-state index in [9.17, 15) is 5.11 Å². The standard InChI is InChI=1S/C18H31N3O.ClH/c1-18(2,13-20-10-16-9-19-11-17(16)22)14-21(3)12-15-7-5-4-6-8-15;/h4-8,16-17,19-20,22H,9-14H2,1-3H3;1H. The van der Waals surface area contributed by atoms with Crippen LogP contribution in [0.3, 0.4) is 0 Å². The normalized spacial score (nSPS) is 21.4. The van der Waals surface area contributed by atoms with E-state index in [1.165, 1.54) is 5.56 Å². The van der Waals surface area contributed by atoms with Gasteiger partial charge in [-0.25, -0.2) is 0 Å². The first-order chi connectivity index (χ1) is 10.5. The Morgan fingerprint density at radius 3 is 2.57 bits per heavy atom. The predicted octanol–water partition coefficient (Wildman–Crippen LogP) is 1.74. The molecule has 1 fully saturated rings. The number of hydrogen-bond acceptors (Lipinski definition) is 4. The number of aliphatic hydroxyl groups is 1. The molecular weight excluding hydrogens is 310 g/mol. The fourth-order valence-corrected chi connectivity index (χ4v) is 3.26. The van der Waals surface area contributed by atoms with E-state index in [2.05, 4.69) is 66.8 Å². The van der Waals surface area contributed by atoms with E-state index < -0.39 is 0 Å². The van der Waals surface area contributed by atoms with Gasteiger partial charge in [-0.3, -0.25) is 0 Å². The van der Waals surface area contributed by atoms with Crippen LogP contribution in [0, 0.1) is 11.3 Å². The van der Waals surface area contributed by atoms with Gasteiger partial charge in [-0.05, 0) is 18.0 Å². The molecular formula is C18H32ClN3O. The van der Waals surface area contributed by atoms with Crippen LogP contribution in [0.5, 0.6) is 0 Å². The molecule has 0 aliphatic carbocycles. The molecule has 2 rings (SSSR count). The number of benzene rings is 1. The van der Waals surface area contributed by atoms with Crippen molar-refractivity contribution in [2.75, 3.05) is 39.8 Å². The smallest absolute Gasteiger partial charge is 0.0716 e. The third-order valence-corrected chi connectivity index (χ3v) is 4.31. The summed E-state index contributed by atoms with van der Waals surface area (Å²) in [7, 11) is 2.18. The predicted molar refractivity (Wildman–Crippen MR) is 99.0 cm³/mol. The summed E-state index contributed by atoms with van der Waals surface area (Å²) in [5.41, 5.74) is 1.56. The maximum Gasteiger partial charge on any atom is 0.0716 e. The number of halogens is 1. The van der Waals surface area contributed by atoms with Crippen molar-refractivity contribution in [1.82, 2.24) is 15.5 Å². The van der Waals surface area contributed by atoms with Crippen molar-refractivity contribution < 1.29 is 5.11 Å². The fraction of sp³-hybridized carbons (Fsp3) is 0.667. The van der Waals surface area contributed by atoms with Crippen LogP contribution in [0.15, 0.2) is 30.3 Å². The SMILES string of the molecule is CN(Cc1ccccc1)CC(C)(C)CNCC1CNCC1O.Cl. The van der Waals surface area contributed by atoms with Gasteiger partial charge in [0.2, 0.25) is 0 Å². The number of rotatable bonds is 8. The van der Waals surface area contributed by atoms with Gasteiger partial charge in [0.1, 0.15) is 0 Å². The summed E-state index contributed by atoms with van der Waals surface area (Å²) >= 11 is 0. The minimum atomic E-state index is -0.198. The highest BCUT2D eigenvalue weighted by Gasteiger charge is 2.26.